The number of hydrazine groups is 1. The summed E-state index contributed by atoms with van der Waals surface area (Å²) in [6.45, 7) is 1.61. The van der Waals surface area contributed by atoms with E-state index < -0.39 is 24.9 Å². The SMILES string of the molecule is CCS(=O)(=O)CCCC(NN)C1CCCCS1(=O)=O. The van der Waals surface area contributed by atoms with Gasteiger partial charge in [-0.05, 0) is 25.7 Å². The van der Waals surface area contributed by atoms with Crippen LogP contribution in [0.15, 0.2) is 0 Å². The monoisotopic (exact) mass is 312 g/mol. The molecule has 2 atom stereocenters. The van der Waals surface area contributed by atoms with Crippen LogP contribution in [-0.4, -0.2) is 45.4 Å². The van der Waals surface area contributed by atoms with Gasteiger partial charge in [-0.3, -0.25) is 11.3 Å². The van der Waals surface area contributed by atoms with Gasteiger partial charge in [0.2, 0.25) is 0 Å². The molecule has 0 bridgehead atoms. The molecule has 0 saturated carbocycles. The first-order valence-electron chi connectivity index (χ1n) is 6.70. The number of hydrogen-bond donors (Lipinski definition) is 2. The molecule has 2 unspecified atom stereocenters. The lowest BCUT2D eigenvalue weighted by Gasteiger charge is -2.29. The zero-order valence-electron chi connectivity index (χ0n) is 11.3. The van der Waals surface area contributed by atoms with Crippen LogP contribution in [0.2, 0.25) is 0 Å². The fraction of sp³-hybridized carbons (Fsp3) is 1.00. The second-order valence-electron chi connectivity index (χ2n) is 5.05. The smallest absolute Gasteiger partial charge is 0.154 e. The molecular weight excluding hydrogens is 288 g/mol. The topological polar surface area (TPSA) is 106 Å². The highest BCUT2D eigenvalue weighted by Crippen LogP contribution is 2.24. The Hall–Kier alpha value is -0.180. The molecule has 1 rings (SSSR count). The van der Waals surface area contributed by atoms with Gasteiger partial charge in [0.05, 0.1) is 16.8 Å². The van der Waals surface area contributed by atoms with Gasteiger partial charge in [0, 0.05) is 11.8 Å². The van der Waals surface area contributed by atoms with E-state index in [1.54, 1.807) is 6.92 Å². The predicted octanol–water partition coefficient (Wildman–Crippen LogP) is 0.000500. The molecule has 1 heterocycles. The molecule has 0 spiro atoms. The lowest BCUT2D eigenvalue weighted by Crippen LogP contribution is -2.49. The molecule has 0 aromatic rings. The fourth-order valence-electron chi connectivity index (χ4n) is 2.48. The average molecular weight is 312 g/mol. The molecule has 19 heavy (non-hydrogen) atoms. The van der Waals surface area contributed by atoms with Crippen LogP contribution >= 0.6 is 0 Å². The van der Waals surface area contributed by atoms with Crippen LogP contribution in [0.1, 0.15) is 39.0 Å². The van der Waals surface area contributed by atoms with Crippen molar-refractivity contribution in [1.29, 1.82) is 0 Å². The van der Waals surface area contributed by atoms with E-state index in [1.807, 2.05) is 0 Å². The number of rotatable bonds is 7. The molecule has 1 aliphatic heterocycles. The summed E-state index contributed by atoms with van der Waals surface area (Å²) < 4.78 is 46.8. The van der Waals surface area contributed by atoms with Crippen molar-refractivity contribution in [3.63, 3.8) is 0 Å². The van der Waals surface area contributed by atoms with Crippen molar-refractivity contribution in [2.45, 2.75) is 50.3 Å². The highest BCUT2D eigenvalue weighted by molar-refractivity contribution is 7.92. The van der Waals surface area contributed by atoms with Crippen molar-refractivity contribution in [1.82, 2.24) is 5.43 Å². The molecule has 8 heteroatoms. The fourth-order valence-corrected chi connectivity index (χ4v) is 5.52. The lowest BCUT2D eigenvalue weighted by atomic mass is 10.0. The molecule has 6 nitrogen and oxygen atoms in total. The predicted molar refractivity (Wildman–Crippen MR) is 76.1 cm³/mol. The first-order chi connectivity index (χ1) is 8.82. The molecule has 114 valence electrons. The van der Waals surface area contributed by atoms with Crippen molar-refractivity contribution in [3.05, 3.63) is 0 Å². The van der Waals surface area contributed by atoms with Crippen LogP contribution in [0.3, 0.4) is 0 Å². The third-order valence-corrected chi connectivity index (χ3v) is 7.84. The number of sulfone groups is 2. The molecule has 0 aromatic heterocycles. The average Bonchev–Trinajstić information content (AvgIpc) is 2.35. The normalized spacial score (nSPS) is 25.1. The van der Waals surface area contributed by atoms with E-state index in [0.717, 1.165) is 6.42 Å². The Labute approximate surface area is 115 Å². The van der Waals surface area contributed by atoms with Crippen LogP contribution in [0.5, 0.6) is 0 Å². The van der Waals surface area contributed by atoms with E-state index in [1.165, 1.54) is 0 Å². The van der Waals surface area contributed by atoms with Crippen LogP contribution in [-0.2, 0) is 19.7 Å². The molecule has 0 amide bonds. The number of hydrogen-bond acceptors (Lipinski definition) is 6. The van der Waals surface area contributed by atoms with Gasteiger partial charge in [0.25, 0.3) is 0 Å². The largest absolute Gasteiger partial charge is 0.271 e. The van der Waals surface area contributed by atoms with Crippen LogP contribution < -0.4 is 11.3 Å². The van der Waals surface area contributed by atoms with Gasteiger partial charge < -0.3 is 0 Å². The zero-order valence-corrected chi connectivity index (χ0v) is 13.0. The number of nitrogens with two attached hydrogens (primary N) is 1. The summed E-state index contributed by atoms with van der Waals surface area (Å²) in [6.07, 6.45) is 3.12. The van der Waals surface area contributed by atoms with Gasteiger partial charge in [0.15, 0.2) is 9.84 Å². The van der Waals surface area contributed by atoms with Crippen LogP contribution in [0.4, 0.5) is 0 Å². The van der Waals surface area contributed by atoms with Gasteiger partial charge in [0.1, 0.15) is 9.84 Å². The maximum absolute atomic E-state index is 12.0. The van der Waals surface area contributed by atoms with Gasteiger partial charge in [-0.25, -0.2) is 16.8 Å². The van der Waals surface area contributed by atoms with Crippen molar-refractivity contribution >= 4 is 19.7 Å². The Morgan fingerprint density at radius 2 is 2.05 bits per heavy atom. The highest BCUT2D eigenvalue weighted by Gasteiger charge is 2.34. The third kappa shape index (κ3) is 5.02. The third-order valence-electron chi connectivity index (χ3n) is 3.70. The van der Waals surface area contributed by atoms with Gasteiger partial charge in [-0.1, -0.05) is 13.3 Å². The van der Waals surface area contributed by atoms with E-state index >= 15 is 0 Å². The summed E-state index contributed by atoms with van der Waals surface area (Å²) in [5, 5.41) is -0.476. The highest BCUT2D eigenvalue weighted by atomic mass is 32.2. The van der Waals surface area contributed by atoms with E-state index in [9.17, 15) is 16.8 Å². The second-order valence-corrected chi connectivity index (χ2v) is 9.87. The quantitative estimate of drug-likeness (QED) is 0.506. The van der Waals surface area contributed by atoms with E-state index in [2.05, 4.69) is 5.43 Å². The summed E-state index contributed by atoms with van der Waals surface area (Å²) in [5.41, 5.74) is 2.56. The molecule has 1 aliphatic rings. The van der Waals surface area contributed by atoms with Crippen LogP contribution in [0.25, 0.3) is 0 Å². The molecule has 0 aliphatic carbocycles. The summed E-state index contributed by atoms with van der Waals surface area (Å²) in [5.74, 6) is 5.87. The summed E-state index contributed by atoms with van der Waals surface area (Å²) in [4.78, 5) is 0. The van der Waals surface area contributed by atoms with Gasteiger partial charge in [-0.15, -0.1) is 0 Å². The van der Waals surface area contributed by atoms with Crippen molar-refractivity contribution < 1.29 is 16.8 Å². The lowest BCUT2D eigenvalue weighted by molar-refractivity contribution is 0.420. The van der Waals surface area contributed by atoms with Crippen LogP contribution in [0, 0.1) is 0 Å². The zero-order chi connectivity index (χ0) is 14.5. The Kier molecular flexibility index (Phi) is 6.22. The minimum absolute atomic E-state index is 0.0917. The Balaban J connectivity index is 2.58. The second kappa shape index (κ2) is 7.01. The van der Waals surface area contributed by atoms with Crippen molar-refractivity contribution in [2.75, 3.05) is 17.3 Å². The first kappa shape index (κ1) is 16.9. The van der Waals surface area contributed by atoms with E-state index in [0.29, 0.717) is 25.7 Å². The minimum Gasteiger partial charge on any atom is -0.271 e. The maximum Gasteiger partial charge on any atom is 0.154 e. The maximum atomic E-state index is 12.0. The van der Waals surface area contributed by atoms with Crippen molar-refractivity contribution in [3.8, 4) is 0 Å². The Bertz CT molecular complexity index is 473. The molecule has 1 fully saturated rings. The van der Waals surface area contributed by atoms with Gasteiger partial charge >= 0.3 is 0 Å². The van der Waals surface area contributed by atoms with E-state index in [4.69, 9.17) is 5.84 Å². The van der Waals surface area contributed by atoms with E-state index in [-0.39, 0.29) is 23.3 Å². The van der Waals surface area contributed by atoms with Crippen molar-refractivity contribution in [2.24, 2.45) is 5.84 Å². The number of nitrogens with one attached hydrogen (secondary N) is 1. The molecular formula is C11H24N2O4S2. The minimum atomic E-state index is -3.10. The molecule has 3 N–H and O–H groups in total. The summed E-state index contributed by atoms with van der Waals surface area (Å²) in [6, 6.07) is -0.350. The first-order valence-corrected chi connectivity index (χ1v) is 10.2. The summed E-state index contributed by atoms with van der Waals surface area (Å²) >= 11 is 0. The Morgan fingerprint density at radius 3 is 2.58 bits per heavy atom. The molecule has 0 radical (unpaired) electrons. The van der Waals surface area contributed by atoms with Gasteiger partial charge in [-0.2, -0.15) is 0 Å². The Morgan fingerprint density at radius 1 is 1.37 bits per heavy atom. The summed E-state index contributed by atoms with van der Waals surface area (Å²) in [7, 11) is -6.10. The standard InChI is InChI=1S/C11H24N2O4S2/c1-2-18(14,15)8-5-6-10(13-12)11-7-3-4-9-19(11,16)17/h10-11,13H,2-9,12H2,1H3. The molecule has 0 aromatic carbocycles. The molecule has 1 saturated heterocycles.